The summed E-state index contributed by atoms with van der Waals surface area (Å²) in [5, 5.41) is 2.96. The van der Waals surface area contributed by atoms with E-state index in [2.05, 4.69) is 69.8 Å². The smallest absolute Gasteiger partial charge is 0.234 e. The quantitative estimate of drug-likeness (QED) is 0.385. The van der Waals surface area contributed by atoms with Crippen molar-refractivity contribution in [2.75, 3.05) is 11.1 Å². The van der Waals surface area contributed by atoms with Crippen LogP contribution in [-0.2, 0) is 16.3 Å². The van der Waals surface area contributed by atoms with Gasteiger partial charge in [0.05, 0.1) is 5.75 Å². The fourth-order valence-electron chi connectivity index (χ4n) is 2.45. The van der Waals surface area contributed by atoms with Gasteiger partial charge in [0.15, 0.2) is 0 Å². The molecule has 0 radical (unpaired) electrons. The Morgan fingerprint density at radius 1 is 0.852 bits per heavy atom. The maximum Gasteiger partial charge on any atom is 0.234 e. The first-order valence-corrected chi connectivity index (χ1v) is 11.5. The highest BCUT2D eigenvalue weighted by atomic mass is 79.9. The lowest BCUT2D eigenvalue weighted by Gasteiger charge is -2.07. The summed E-state index contributed by atoms with van der Waals surface area (Å²) >= 11 is 6.89. The van der Waals surface area contributed by atoms with E-state index in [-0.39, 0.29) is 5.91 Å². The normalized spacial score (nSPS) is 10.6. The standard InChI is InChI=1S/C22H20BrNOS2/c23-19-6-4-5-18(13-19)14-26-16-22(25)24-20-11-9-17(10-12-20)15-27-21-7-2-1-3-8-21/h1-13H,14-16H2,(H,24,25). The Morgan fingerprint density at radius 2 is 1.63 bits per heavy atom. The van der Waals surface area contributed by atoms with Crippen LogP contribution in [0.3, 0.4) is 0 Å². The minimum atomic E-state index is 0.0291. The molecule has 0 aliphatic heterocycles. The van der Waals surface area contributed by atoms with E-state index >= 15 is 0 Å². The number of thioether (sulfide) groups is 2. The van der Waals surface area contributed by atoms with Crippen LogP contribution in [0, 0.1) is 0 Å². The van der Waals surface area contributed by atoms with Gasteiger partial charge in [-0.3, -0.25) is 4.79 Å². The first-order chi connectivity index (χ1) is 13.2. The molecule has 0 saturated carbocycles. The second-order valence-corrected chi connectivity index (χ2v) is 8.92. The number of anilines is 1. The van der Waals surface area contributed by atoms with Gasteiger partial charge in [-0.1, -0.05) is 58.4 Å². The molecule has 0 heterocycles. The van der Waals surface area contributed by atoms with Crippen molar-refractivity contribution in [2.24, 2.45) is 0 Å². The van der Waals surface area contributed by atoms with Gasteiger partial charge in [0.25, 0.3) is 0 Å². The Balaban J connectivity index is 1.41. The summed E-state index contributed by atoms with van der Waals surface area (Å²) in [5.74, 6) is 2.21. The molecule has 0 aliphatic carbocycles. The number of carbonyl (C=O) groups excluding carboxylic acids is 1. The minimum Gasteiger partial charge on any atom is -0.325 e. The zero-order valence-corrected chi connectivity index (χ0v) is 17.9. The van der Waals surface area contributed by atoms with E-state index in [1.807, 2.05) is 42.1 Å². The van der Waals surface area contributed by atoms with Gasteiger partial charge in [-0.2, -0.15) is 0 Å². The van der Waals surface area contributed by atoms with Crippen LogP contribution in [0.4, 0.5) is 5.69 Å². The summed E-state index contributed by atoms with van der Waals surface area (Å²) in [7, 11) is 0. The number of nitrogens with one attached hydrogen (secondary N) is 1. The SMILES string of the molecule is O=C(CSCc1cccc(Br)c1)Nc1ccc(CSc2ccccc2)cc1. The molecule has 0 unspecified atom stereocenters. The summed E-state index contributed by atoms with van der Waals surface area (Å²) in [4.78, 5) is 13.4. The van der Waals surface area contributed by atoms with E-state index < -0.39 is 0 Å². The van der Waals surface area contributed by atoms with Gasteiger partial charge in [-0.25, -0.2) is 0 Å². The maximum absolute atomic E-state index is 12.1. The fourth-order valence-corrected chi connectivity index (χ4v) is 4.55. The van der Waals surface area contributed by atoms with Gasteiger partial charge in [-0.15, -0.1) is 23.5 Å². The van der Waals surface area contributed by atoms with Gasteiger partial charge in [0.1, 0.15) is 0 Å². The lowest BCUT2D eigenvalue weighted by molar-refractivity contribution is -0.113. The molecule has 0 aromatic heterocycles. The van der Waals surface area contributed by atoms with Crippen molar-refractivity contribution < 1.29 is 4.79 Å². The van der Waals surface area contributed by atoms with Crippen LogP contribution in [0.15, 0.2) is 88.2 Å². The second kappa shape index (κ2) is 10.6. The third-order valence-corrected chi connectivity index (χ3v) is 6.36. The molecule has 0 fully saturated rings. The molecule has 3 aromatic rings. The second-order valence-electron chi connectivity index (χ2n) is 5.97. The molecule has 1 amide bonds. The average molecular weight is 458 g/mol. The number of carbonyl (C=O) groups is 1. The third-order valence-electron chi connectivity index (χ3n) is 3.78. The molecule has 0 atom stereocenters. The molecule has 3 aromatic carbocycles. The van der Waals surface area contributed by atoms with Crippen LogP contribution in [0.1, 0.15) is 11.1 Å². The largest absolute Gasteiger partial charge is 0.325 e. The first kappa shape index (κ1) is 20.1. The Labute approximate surface area is 177 Å². The Hall–Kier alpha value is -1.69. The van der Waals surface area contributed by atoms with Crippen molar-refractivity contribution in [1.29, 1.82) is 0 Å². The number of amides is 1. The van der Waals surface area contributed by atoms with Gasteiger partial charge in [0, 0.05) is 26.6 Å². The fraction of sp³-hybridized carbons (Fsp3) is 0.136. The minimum absolute atomic E-state index is 0.0291. The molecule has 0 bridgehead atoms. The highest BCUT2D eigenvalue weighted by Crippen LogP contribution is 2.23. The van der Waals surface area contributed by atoms with Crippen molar-refractivity contribution in [3.8, 4) is 0 Å². The highest BCUT2D eigenvalue weighted by molar-refractivity contribution is 9.10. The lowest BCUT2D eigenvalue weighted by Crippen LogP contribution is -2.14. The van der Waals surface area contributed by atoms with Crippen LogP contribution in [-0.4, -0.2) is 11.7 Å². The summed E-state index contributed by atoms with van der Waals surface area (Å²) in [6, 6.07) is 26.6. The first-order valence-electron chi connectivity index (χ1n) is 8.58. The van der Waals surface area contributed by atoms with E-state index in [0.29, 0.717) is 5.75 Å². The molecule has 3 rings (SSSR count). The molecular weight excluding hydrogens is 438 g/mol. The third kappa shape index (κ3) is 7.09. The summed E-state index contributed by atoms with van der Waals surface area (Å²) in [5.41, 5.74) is 3.30. The number of rotatable bonds is 8. The van der Waals surface area contributed by atoms with Crippen LogP contribution in [0.2, 0.25) is 0 Å². The molecule has 0 aliphatic rings. The summed E-state index contributed by atoms with van der Waals surface area (Å²) < 4.78 is 1.07. The molecular formula is C22H20BrNOS2. The monoisotopic (exact) mass is 457 g/mol. The zero-order valence-electron chi connectivity index (χ0n) is 14.7. The molecule has 138 valence electrons. The lowest BCUT2D eigenvalue weighted by atomic mass is 10.2. The number of benzene rings is 3. The van der Waals surface area contributed by atoms with Gasteiger partial charge in [-0.05, 0) is 47.5 Å². The molecule has 5 heteroatoms. The van der Waals surface area contributed by atoms with Crippen LogP contribution < -0.4 is 5.32 Å². The Bertz CT molecular complexity index is 869. The topological polar surface area (TPSA) is 29.1 Å². The van der Waals surface area contributed by atoms with Crippen molar-refractivity contribution in [3.63, 3.8) is 0 Å². The average Bonchev–Trinajstić information content (AvgIpc) is 2.68. The van der Waals surface area contributed by atoms with Crippen LogP contribution >= 0.6 is 39.5 Å². The molecule has 27 heavy (non-hydrogen) atoms. The van der Waals surface area contributed by atoms with E-state index in [9.17, 15) is 4.79 Å². The van der Waals surface area contributed by atoms with Gasteiger partial charge < -0.3 is 5.32 Å². The summed E-state index contributed by atoms with van der Waals surface area (Å²) in [6.45, 7) is 0. The van der Waals surface area contributed by atoms with E-state index in [0.717, 1.165) is 21.7 Å². The van der Waals surface area contributed by atoms with Crippen molar-refractivity contribution in [2.45, 2.75) is 16.4 Å². The number of hydrogen-bond acceptors (Lipinski definition) is 3. The van der Waals surface area contributed by atoms with Crippen molar-refractivity contribution >= 4 is 51.0 Å². The summed E-state index contributed by atoms with van der Waals surface area (Å²) in [6.07, 6.45) is 0. The predicted molar refractivity (Wildman–Crippen MR) is 121 cm³/mol. The van der Waals surface area contributed by atoms with E-state index in [1.54, 1.807) is 11.8 Å². The van der Waals surface area contributed by atoms with Gasteiger partial charge in [0.2, 0.25) is 5.91 Å². The van der Waals surface area contributed by atoms with Crippen molar-refractivity contribution in [1.82, 2.24) is 0 Å². The zero-order chi connectivity index (χ0) is 18.9. The molecule has 0 spiro atoms. The predicted octanol–water partition coefficient (Wildman–Crippen LogP) is 6.61. The number of halogens is 1. The van der Waals surface area contributed by atoms with Gasteiger partial charge >= 0.3 is 0 Å². The van der Waals surface area contributed by atoms with Crippen LogP contribution in [0.5, 0.6) is 0 Å². The van der Waals surface area contributed by atoms with Crippen LogP contribution in [0.25, 0.3) is 0 Å². The Kier molecular flexibility index (Phi) is 7.87. The molecule has 1 N–H and O–H groups in total. The maximum atomic E-state index is 12.1. The Morgan fingerprint density at radius 3 is 2.37 bits per heavy atom. The molecule has 2 nitrogen and oxygen atoms in total. The van der Waals surface area contributed by atoms with E-state index in [1.165, 1.54) is 16.0 Å². The highest BCUT2D eigenvalue weighted by Gasteiger charge is 2.04. The van der Waals surface area contributed by atoms with Crippen molar-refractivity contribution in [3.05, 3.63) is 94.5 Å². The molecule has 0 saturated heterocycles. The van der Waals surface area contributed by atoms with E-state index in [4.69, 9.17) is 0 Å². The number of hydrogen-bond donors (Lipinski definition) is 1.